The summed E-state index contributed by atoms with van der Waals surface area (Å²) in [5.74, 6) is 0. The van der Waals surface area contributed by atoms with E-state index < -0.39 is 0 Å². The number of aryl methyl sites for hydroxylation is 3. The largest absolute Gasteiger partial charge is 0.309 e. The molecule has 1 N–H and O–H groups in total. The molecule has 0 aliphatic rings. The Kier molecular flexibility index (Phi) is 4.90. The second kappa shape index (κ2) is 6.30. The summed E-state index contributed by atoms with van der Waals surface area (Å²) in [7, 11) is 1.99. The van der Waals surface area contributed by atoms with Crippen molar-refractivity contribution in [3.63, 3.8) is 0 Å². The monoisotopic (exact) mass is 351 g/mol. The van der Waals surface area contributed by atoms with Crippen LogP contribution in [0.1, 0.15) is 33.9 Å². The molecule has 0 bridgehead atoms. The molecule has 1 nitrogen and oxygen atoms in total. The number of hydrogen-bond acceptors (Lipinski definition) is 1. The Balaban J connectivity index is 2.52. The van der Waals surface area contributed by atoms with E-state index in [2.05, 4.69) is 59.4 Å². The van der Waals surface area contributed by atoms with Crippen LogP contribution >= 0.6 is 27.5 Å². The minimum Gasteiger partial charge on any atom is -0.309 e. The SMILES string of the molecule is CNC(c1ccc(C)c(Br)c1)c1cc(C)c(Cl)cc1C. The van der Waals surface area contributed by atoms with E-state index in [-0.39, 0.29) is 6.04 Å². The van der Waals surface area contributed by atoms with Gasteiger partial charge in [-0.05, 0) is 67.8 Å². The van der Waals surface area contributed by atoms with Gasteiger partial charge in [0.05, 0.1) is 6.04 Å². The first-order chi connectivity index (χ1) is 9.43. The molecule has 0 saturated carbocycles. The van der Waals surface area contributed by atoms with Crippen molar-refractivity contribution in [2.24, 2.45) is 0 Å². The Morgan fingerprint density at radius 2 is 1.70 bits per heavy atom. The molecule has 0 aliphatic heterocycles. The standard InChI is InChI=1S/C17H19BrClN/c1-10-5-6-13(9-15(10)18)17(20-4)14-7-12(3)16(19)8-11(14)2/h5-9,17,20H,1-4H3. The van der Waals surface area contributed by atoms with Crippen LogP contribution in [0.4, 0.5) is 0 Å². The zero-order valence-electron chi connectivity index (χ0n) is 12.2. The summed E-state index contributed by atoms with van der Waals surface area (Å²) < 4.78 is 1.14. The molecule has 2 aromatic carbocycles. The predicted octanol–water partition coefficient (Wildman–Crippen LogP) is 5.34. The van der Waals surface area contributed by atoms with Gasteiger partial charge in [-0.1, -0.05) is 45.7 Å². The predicted molar refractivity (Wildman–Crippen MR) is 90.7 cm³/mol. The quantitative estimate of drug-likeness (QED) is 0.786. The zero-order chi connectivity index (χ0) is 14.9. The van der Waals surface area contributed by atoms with Gasteiger partial charge in [-0.25, -0.2) is 0 Å². The molecular weight excluding hydrogens is 334 g/mol. The van der Waals surface area contributed by atoms with Gasteiger partial charge in [-0.2, -0.15) is 0 Å². The molecule has 20 heavy (non-hydrogen) atoms. The second-order valence-electron chi connectivity index (χ2n) is 5.19. The van der Waals surface area contributed by atoms with Gasteiger partial charge in [0.25, 0.3) is 0 Å². The minimum absolute atomic E-state index is 0.169. The molecule has 1 atom stereocenters. The van der Waals surface area contributed by atoms with Crippen LogP contribution in [0.15, 0.2) is 34.8 Å². The van der Waals surface area contributed by atoms with Crippen LogP contribution in [0.5, 0.6) is 0 Å². The highest BCUT2D eigenvalue weighted by Crippen LogP contribution is 2.30. The van der Waals surface area contributed by atoms with E-state index in [1.807, 2.05) is 20.0 Å². The van der Waals surface area contributed by atoms with Crippen molar-refractivity contribution < 1.29 is 0 Å². The molecule has 0 aromatic heterocycles. The van der Waals surface area contributed by atoms with Crippen molar-refractivity contribution in [1.29, 1.82) is 0 Å². The number of nitrogens with one attached hydrogen (secondary N) is 1. The van der Waals surface area contributed by atoms with Crippen LogP contribution in [0.3, 0.4) is 0 Å². The number of benzene rings is 2. The van der Waals surface area contributed by atoms with Gasteiger partial charge in [0.1, 0.15) is 0 Å². The fourth-order valence-electron chi connectivity index (χ4n) is 2.40. The van der Waals surface area contributed by atoms with Crippen molar-refractivity contribution in [2.45, 2.75) is 26.8 Å². The Hall–Kier alpha value is -0.830. The first-order valence-corrected chi connectivity index (χ1v) is 7.81. The summed E-state index contributed by atoms with van der Waals surface area (Å²) in [6.07, 6.45) is 0. The lowest BCUT2D eigenvalue weighted by atomic mass is 9.93. The second-order valence-corrected chi connectivity index (χ2v) is 6.45. The molecule has 0 radical (unpaired) electrons. The lowest BCUT2D eigenvalue weighted by molar-refractivity contribution is 0.686. The van der Waals surface area contributed by atoms with Gasteiger partial charge in [0, 0.05) is 9.50 Å². The van der Waals surface area contributed by atoms with E-state index >= 15 is 0 Å². The van der Waals surface area contributed by atoms with Gasteiger partial charge in [0.2, 0.25) is 0 Å². The summed E-state index contributed by atoms with van der Waals surface area (Å²) in [5, 5.41) is 4.23. The maximum atomic E-state index is 6.20. The Bertz CT molecular complexity index is 637. The van der Waals surface area contributed by atoms with Gasteiger partial charge in [-0.15, -0.1) is 0 Å². The van der Waals surface area contributed by atoms with Crippen LogP contribution < -0.4 is 5.32 Å². The summed E-state index contributed by atoms with van der Waals surface area (Å²) >= 11 is 9.81. The van der Waals surface area contributed by atoms with E-state index in [4.69, 9.17) is 11.6 Å². The third-order valence-corrected chi connectivity index (χ3v) is 4.94. The molecule has 0 fully saturated rings. The Labute approximate surface area is 134 Å². The summed E-state index contributed by atoms with van der Waals surface area (Å²) in [6, 6.07) is 10.9. The highest BCUT2D eigenvalue weighted by atomic mass is 79.9. The summed E-state index contributed by atoms with van der Waals surface area (Å²) in [6.45, 7) is 6.25. The van der Waals surface area contributed by atoms with Gasteiger partial charge in [-0.3, -0.25) is 0 Å². The fraction of sp³-hybridized carbons (Fsp3) is 0.294. The molecular formula is C17H19BrClN. The molecule has 1 unspecified atom stereocenters. The van der Waals surface area contributed by atoms with E-state index in [1.54, 1.807) is 0 Å². The third-order valence-electron chi connectivity index (χ3n) is 3.68. The smallest absolute Gasteiger partial charge is 0.0577 e. The zero-order valence-corrected chi connectivity index (χ0v) is 14.6. The molecule has 0 aliphatic carbocycles. The molecule has 0 spiro atoms. The number of hydrogen-bond donors (Lipinski definition) is 1. The van der Waals surface area contributed by atoms with E-state index in [1.165, 1.54) is 22.3 Å². The Morgan fingerprint density at radius 1 is 1.00 bits per heavy atom. The average molecular weight is 353 g/mol. The van der Waals surface area contributed by atoms with Gasteiger partial charge >= 0.3 is 0 Å². The van der Waals surface area contributed by atoms with Crippen molar-refractivity contribution in [1.82, 2.24) is 5.32 Å². The lowest BCUT2D eigenvalue weighted by Gasteiger charge is -2.21. The van der Waals surface area contributed by atoms with E-state index in [0.717, 1.165) is 15.1 Å². The summed E-state index contributed by atoms with van der Waals surface area (Å²) in [5.41, 5.74) is 6.07. The first kappa shape index (κ1) is 15.6. The van der Waals surface area contributed by atoms with Crippen LogP contribution in [0.2, 0.25) is 5.02 Å². The molecule has 2 aromatic rings. The molecule has 0 saturated heterocycles. The first-order valence-electron chi connectivity index (χ1n) is 6.64. The van der Waals surface area contributed by atoms with Crippen LogP contribution in [0, 0.1) is 20.8 Å². The van der Waals surface area contributed by atoms with Crippen molar-refractivity contribution in [3.05, 3.63) is 67.6 Å². The normalized spacial score (nSPS) is 12.5. The van der Waals surface area contributed by atoms with Gasteiger partial charge < -0.3 is 5.32 Å². The molecule has 2 rings (SSSR count). The molecule has 3 heteroatoms. The lowest BCUT2D eigenvalue weighted by Crippen LogP contribution is -2.19. The maximum absolute atomic E-state index is 6.20. The average Bonchev–Trinajstić information content (AvgIpc) is 2.40. The van der Waals surface area contributed by atoms with Crippen LogP contribution in [-0.4, -0.2) is 7.05 Å². The number of halogens is 2. The number of rotatable bonds is 3. The molecule has 0 heterocycles. The highest BCUT2D eigenvalue weighted by Gasteiger charge is 2.16. The van der Waals surface area contributed by atoms with Crippen molar-refractivity contribution in [2.75, 3.05) is 7.05 Å². The van der Waals surface area contributed by atoms with Crippen molar-refractivity contribution in [3.8, 4) is 0 Å². The minimum atomic E-state index is 0.169. The molecule has 0 amide bonds. The third kappa shape index (κ3) is 3.08. The Morgan fingerprint density at radius 3 is 2.30 bits per heavy atom. The van der Waals surface area contributed by atoms with Crippen LogP contribution in [0.25, 0.3) is 0 Å². The van der Waals surface area contributed by atoms with E-state index in [0.29, 0.717) is 0 Å². The highest BCUT2D eigenvalue weighted by molar-refractivity contribution is 9.10. The van der Waals surface area contributed by atoms with Crippen molar-refractivity contribution >= 4 is 27.5 Å². The van der Waals surface area contributed by atoms with Crippen LogP contribution in [-0.2, 0) is 0 Å². The molecule has 106 valence electrons. The summed E-state index contributed by atoms with van der Waals surface area (Å²) in [4.78, 5) is 0. The van der Waals surface area contributed by atoms with Gasteiger partial charge in [0.15, 0.2) is 0 Å². The fourth-order valence-corrected chi connectivity index (χ4v) is 3.02. The topological polar surface area (TPSA) is 12.0 Å². The van der Waals surface area contributed by atoms with E-state index in [9.17, 15) is 0 Å². The maximum Gasteiger partial charge on any atom is 0.0577 e.